The fourth-order valence-corrected chi connectivity index (χ4v) is 2.55. The van der Waals surface area contributed by atoms with Gasteiger partial charge in [-0.3, -0.25) is 0 Å². The van der Waals surface area contributed by atoms with E-state index in [1.807, 2.05) is 12.1 Å². The van der Waals surface area contributed by atoms with Crippen LogP contribution in [0.15, 0.2) is 42.5 Å². The quantitative estimate of drug-likeness (QED) is 0.879. The zero-order valence-electron chi connectivity index (χ0n) is 10.7. The number of hydrogen-bond donors (Lipinski definition) is 2. The van der Waals surface area contributed by atoms with Gasteiger partial charge < -0.3 is 16.0 Å². The van der Waals surface area contributed by atoms with Crippen LogP contribution < -0.4 is 11.1 Å². The smallest absolute Gasteiger partial charge is 0.318 e. The molecule has 1 unspecified atom stereocenters. The number of nitrogens with two attached hydrogens (primary N) is 1. The van der Waals surface area contributed by atoms with Gasteiger partial charge in [-0.25, -0.2) is 4.79 Å². The molecule has 3 rings (SSSR count). The molecule has 4 heteroatoms. The summed E-state index contributed by atoms with van der Waals surface area (Å²) in [7, 11) is 0. The molecule has 0 spiro atoms. The molecule has 0 aliphatic carbocycles. The maximum Gasteiger partial charge on any atom is 0.318 e. The third-order valence-corrected chi connectivity index (χ3v) is 3.56. The highest BCUT2D eigenvalue weighted by molar-refractivity contribution is 5.84. The van der Waals surface area contributed by atoms with Crippen LogP contribution in [-0.2, 0) is 0 Å². The number of carbonyl (C=O) groups excluding carboxylic acids is 1. The maximum absolute atomic E-state index is 11.8. The summed E-state index contributed by atoms with van der Waals surface area (Å²) in [6.45, 7) is 1.79. The Morgan fingerprint density at radius 3 is 2.79 bits per heavy atom. The minimum Gasteiger partial charge on any atom is -0.329 e. The Morgan fingerprint density at radius 2 is 2.00 bits per heavy atom. The summed E-state index contributed by atoms with van der Waals surface area (Å²) in [5, 5.41) is 5.42. The molecule has 2 aromatic rings. The molecule has 98 valence electrons. The summed E-state index contributed by atoms with van der Waals surface area (Å²) in [6, 6.07) is 14.6. The second kappa shape index (κ2) is 4.90. The lowest BCUT2D eigenvalue weighted by molar-refractivity contribution is 0.218. The van der Waals surface area contributed by atoms with Crippen molar-refractivity contribution in [3.8, 4) is 0 Å². The van der Waals surface area contributed by atoms with Crippen LogP contribution in [0.25, 0.3) is 10.8 Å². The molecule has 0 saturated carbocycles. The molecule has 3 N–H and O–H groups in total. The highest BCUT2D eigenvalue weighted by Gasteiger charge is 2.28. The number of fused-ring (bicyclic) bond motifs is 1. The van der Waals surface area contributed by atoms with Gasteiger partial charge in [0.15, 0.2) is 0 Å². The van der Waals surface area contributed by atoms with Crippen LogP contribution in [0.3, 0.4) is 0 Å². The normalized spacial score (nSPS) is 18.9. The molecule has 2 aromatic carbocycles. The summed E-state index contributed by atoms with van der Waals surface area (Å²) in [6.07, 6.45) is 0. The van der Waals surface area contributed by atoms with Crippen LogP contribution in [0.4, 0.5) is 4.79 Å². The summed E-state index contributed by atoms with van der Waals surface area (Å²) < 4.78 is 0. The number of carbonyl (C=O) groups is 1. The monoisotopic (exact) mass is 255 g/mol. The van der Waals surface area contributed by atoms with Gasteiger partial charge in [-0.1, -0.05) is 36.4 Å². The zero-order chi connectivity index (χ0) is 13.2. The van der Waals surface area contributed by atoms with Crippen molar-refractivity contribution in [1.29, 1.82) is 0 Å². The van der Waals surface area contributed by atoms with E-state index in [0.29, 0.717) is 19.6 Å². The van der Waals surface area contributed by atoms with Crippen molar-refractivity contribution in [1.82, 2.24) is 10.2 Å². The van der Waals surface area contributed by atoms with Gasteiger partial charge in [0, 0.05) is 19.6 Å². The van der Waals surface area contributed by atoms with E-state index < -0.39 is 0 Å². The minimum absolute atomic E-state index is 0.0244. The standard InChI is InChI=1S/C15H17N3O/c16-7-8-18-10-14(17-15(18)19)13-6-5-11-3-1-2-4-12(11)9-13/h1-6,9,14H,7-8,10,16H2,(H,17,19). The van der Waals surface area contributed by atoms with Crippen LogP contribution in [-0.4, -0.2) is 30.6 Å². The average Bonchev–Trinajstić information content (AvgIpc) is 2.80. The predicted octanol–water partition coefficient (Wildman–Crippen LogP) is 1.86. The van der Waals surface area contributed by atoms with E-state index in [9.17, 15) is 4.79 Å². The van der Waals surface area contributed by atoms with Crippen molar-refractivity contribution < 1.29 is 4.79 Å². The number of urea groups is 1. The molecule has 19 heavy (non-hydrogen) atoms. The first-order valence-electron chi connectivity index (χ1n) is 6.52. The molecule has 1 heterocycles. The number of benzene rings is 2. The van der Waals surface area contributed by atoms with Crippen molar-refractivity contribution in [2.75, 3.05) is 19.6 Å². The molecule has 1 saturated heterocycles. The number of nitrogens with one attached hydrogen (secondary N) is 1. The fraction of sp³-hybridized carbons (Fsp3) is 0.267. The van der Waals surface area contributed by atoms with Gasteiger partial charge in [0.1, 0.15) is 0 Å². The summed E-state index contributed by atoms with van der Waals surface area (Å²) >= 11 is 0. The fourth-order valence-electron chi connectivity index (χ4n) is 2.55. The predicted molar refractivity (Wildman–Crippen MR) is 75.8 cm³/mol. The van der Waals surface area contributed by atoms with E-state index >= 15 is 0 Å². The SMILES string of the molecule is NCCN1CC(c2ccc3ccccc3c2)NC1=O. The largest absolute Gasteiger partial charge is 0.329 e. The van der Waals surface area contributed by atoms with E-state index in [4.69, 9.17) is 5.73 Å². The van der Waals surface area contributed by atoms with Crippen molar-refractivity contribution in [2.24, 2.45) is 5.73 Å². The van der Waals surface area contributed by atoms with E-state index in [-0.39, 0.29) is 12.1 Å². The third kappa shape index (κ3) is 2.27. The summed E-state index contributed by atoms with van der Waals surface area (Å²) in [4.78, 5) is 13.5. The zero-order valence-corrected chi connectivity index (χ0v) is 10.7. The number of amides is 2. The Bertz CT molecular complexity index is 611. The van der Waals surface area contributed by atoms with Crippen molar-refractivity contribution in [3.63, 3.8) is 0 Å². The highest BCUT2D eigenvalue weighted by Crippen LogP contribution is 2.24. The van der Waals surface area contributed by atoms with Gasteiger partial charge in [-0.2, -0.15) is 0 Å². The minimum atomic E-state index is -0.0244. The molecule has 1 fully saturated rings. The molecule has 1 aliphatic rings. The summed E-state index contributed by atoms with van der Waals surface area (Å²) in [5.41, 5.74) is 6.65. The number of nitrogens with zero attached hydrogens (tertiary/aromatic N) is 1. The van der Waals surface area contributed by atoms with Crippen LogP contribution in [0.2, 0.25) is 0 Å². The van der Waals surface area contributed by atoms with Gasteiger partial charge in [0.2, 0.25) is 0 Å². The first kappa shape index (κ1) is 12.0. The molecule has 2 amide bonds. The molecule has 0 radical (unpaired) electrons. The number of hydrogen-bond acceptors (Lipinski definition) is 2. The molecule has 1 atom stereocenters. The molecule has 1 aliphatic heterocycles. The Hall–Kier alpha value is -2.07. The Balaban J connectivity index is 1.87. The lowest BCUT2D eigenvalue weighted by atomic mass is 10.0. The lowest BCUT2D eigenvalue weighted by Gasteiger charge is -2.13. The van der Waals surface area contributed by atoms with Gasteiger partial charge in [-0.05, 0) is 22.4 Å². The molecular formula is C15H17N3O. The average molecular weight is 255 g/mol. The van der Waals surface area contributed by atoms with E-state index in [2.05, 4.69) is 35.6 Å². The lowest BCUT2D eigenvalue weighted by Crippen LogP contribution is -2.32. The Labute approximate surface area is 112 Å². The Morgan fingerprint density at radius 1 is 1.21 bits per heavy atom. The van der Waals surface area contributed by atoms with Crippen molar-refractivity contribution in [3.05, 3.63) is 48.0 Å². The van der Waals surface area contributed by atoms with Crippen LogP contribution in [0, 0.1) is 0 Å². The Kier molecular flexibility index (Phi) is 3.09. The van der Waals surface area contributed by atoms with Crippen molar-refractivity contribution >= 4 is 16.8 Å². The summed E-state index contributed by atoms with van der Waals surface area (Å²) in [5.74, 6) is 0. The molecule has 0 aromatic heterocycles. The van der Waals surface area contributed by atoms with E-state index in [1.54, 1.807) is 4.90 Å². The second-order valence-electron chi connectivity index (χ2n) is 4.84. The van der Waals surface area contributed by atoms with E-state index in [0.717, 1.165) is 5.56 Å². The molecule has 4 nitrogen and oxygen atoms in total. The van der Waals surface area contributed by atoms with Gasteiger partial charge in [0.25, 0.3) is 0 Å². The topological polar surface area (TPSA) is 58.4 Å². The highest BCUT2D eigenvalue weighted by atomic mass is 16.2. The molecular weight excluding hydrogens is 238 g/mol. The first-order chi connectivity index (χ1) is 9.28. The van der Waals surface area contributed by atoms with Crippen molar-refractivity contribution in [2.45, 2.75) is 6.04 Å². The van der Waals surface area contributed by atoms with Gasteiger partial charge in [0.05, 0.1) is 6.04 Å². The van der Waals surface area contributed by atoms with Gasteiger partial charge >= 0.3 is 6.03 Å². The van der Waals surface area contributed by atoms with Gasteiger partial charge in [-0.15, -0.1) is 0 Å². The van der Waals surface area contributed by atoms with Crippen LogP contribution >= 0.6 is 0 Å². The number of rotatable bonds is 3. The van der Waals surface area contributed by atoms with Crippen LogP contribution in [0.1, 0.15) is 11.6 Å². The molecule has 0 bridgehead atoms. The first-order valence-corrected chi connectivity index (χ1v) is 6.52. The maximum atomic E-state index is 11.8. The van der Waals surface area contributed by atoms with Crippen LogP contribution in [0.5, 0.6) is 0 Å². The second-order valence-corrected chi connectivity index (χ2v) is 4.84. The van der Waals surface area contributed by atoms with E-state index in [1.165, 1.54) is 10.8 Å². The third-order valence-electron chi connectivity index (χ3n) is 3.56.